The largest absolute Gasteiger partial charge is 0.379 e. The SMILES string of the molecule is CCCCCCCOC(C)CCCNCC(C)C. The molecule has 0 amide bonds. The van der Waals surface area contributed by atoms with Crippen molar-refractivity contribution in [2.45, 2.75) is 78.7 Å². The second kappa shape index (κ2) is 13.4. The van der Waals surface area contributed by atoms with Gasteiger partial charge < -0.3 is 10.1 Å². The van der Waals surface area contributed by atoms with Crippen LogP contribution in [0.5, 0.6) is 0 Å². The molecule has 0 heterocycles. The van der Waals surface area contributed by atoms with Crippen molar-refractivity contribution in [2.75, 3.05) is 19.7 Å². The van der Waals surface area contributed by atoms with Crippen LogP contribution in [0.1, 0.15) is 72.6 Å². The van der Waals surface area contributed by atoms with Crippen molar-refractivity contribution in [3.8, 4) is 0 Å². The van der Waals surface area contributed by atoms with Crippen LogP contribution in [-0.2, 0) is 4.74 Å². The van der Waals surface area contributed by atoms with Gasteiger partial charge in [-0.1, -0.05) is 46.5 Å². The van der Waals surface area contributed by atoms with Crippen LogP contribution >= 0.6 is 0 Å². The summed E-state index contributed by atoms with van der Waals surface area (Å²) >= 11 is 0. The van der Waals surface area contributed by atoms with E-state index in [2.05, 4.69) is 33.0 Å². The fourth-order valence-electron chi connectivity index (χ4n) is 1.98. The molecule has 0 fully saturated rings. The molecule has 0 spiro atoms. The molecule has 0 aliphatic carbocycles. The lowest BCUT2D eigenvalue weighted by Gasteiger charge is -2.13. The van der Waals surface area contributed by atoms with E-state index in [9.17, 15) is 0 Å². The Labute approximate surface area is 115 Å². The number of unbranched alkanes of at least 4 members (excludes halogenated alkanes) is 4. The van der Waals surface area contributed by atoms with E-state index in [1.165, 1.54) is 44.9 Å². The normalized spacial score (nSPS) is 13.2. The topological polar surface area (TPSA) is 21.3 Å². The monoisotopic (exact) mass is 257 g/mol. The molecule has 1 unspecified atom stereocenters. The number of rotatable bonds is 13. The molecule has 0 aliphatic rings. The van der Waals surface area contributed by atoms with Crippen LogP contribution in [0.3, 0.4) is 0 Å². The second-order valence-electron chi connectivity index (χ2n) is 5.84. The Hall–Kier alpha value is -0.0800. The van der Waals surface area contributed by atoms with Crippen LogP contribution < -0.4 is 5.32 Å². The van der Waals surface area contributed by atoms with Crippen LogP contribution in [0.25, 0.3) is 0 Å². The highest BCUT2D eigenvalue weighted by atomic mass is 16.5. The maximum atomic E-state index is 5.82. The predicted molar refractivity (Wildman–Crippen MR) is 81.1 cm³/mol. The first-order valence-corrected chi connectivity index (χ1v) is 7.99. The first-order chi connectivity index (χ1) is 8.66. The summed E-state index contributed by atoms with van der Waals surface area (Å²) in [7, 11) is 0. The predicted octanol–water partition coefficient (Wildman–Crippen LogP) is 4.39. The number of hydrogen-bond acceptors (Lipinski definition) is 2. The average Bonchev–Trinajstić information content (AvgIpc) is 2.33. The molecule has 0 saturated carbocycles. The summed E-state index contributed by atoms with van der Waals surface area (Å²) in [4.78, 5) is 0. The van der Waals surface area contributed by atoms with Crippen molar-refractivity contribution in [2.24, 2.45) is 5.92 Å². The molecule has 2 nitrogen and oxygen atoms in total. The first-order valence-electron chi connectivity index (χ1n) is 7.99. The quantitative estimate of drug-likeness (QED) is 0.494. The maximum Gasteiger partial charge on any atom is 0.0547 e. The summed E-state index contributed by atoms with van der Waals surface area (Å²) in [6.07, 6.45) is 9.46. The number of ether oxygens (including phenoxy) is 1. The van der Waals surface area contributed by atoms with Gasteiger partial charge in [-0.05, 0) is 45.2 Å². The van der Waals surface area contributed by atoms with Gasteiger partial charge in [-0.25, -0.2) is 0 Å². The molecule has 0 aliphatic heterocycles. The lowest BCUT2D eigenvalue weighted by atomic mass is 10.1. The van der Waals surface area contributed by atoms with Gasteiger partial charge in [0.25, 0.3) is 0 Å². The molecule has 0 rings (SSSR count). The Morgan fingerprint density at radius 1 is 0.944 bits per heavy atom. The van der Waals surface area contributed by atoms with Gasteiger partial charge >= 0.3 is 0 Å². The lowest BCUT2D eigenvalue weighted by Crippen LogP contribution is -2.22. The highest BCUT2D eigenvalue weighted by Crippen LogP contribution is 2.06. The zero-order valence-electron chi connectivity index (χ0n) is 13.1. The van der Waals surface area contributed by atoms with Crippen LogP contribution in [0, 0.1) is 5.92 Å². The summed E-state index contributed by atoms with van der Waals surface area (Å²) in [5.74, 6) is 0.752. The van der Waals surface area contributed by atoms with E-state index in [0.717, 1.165) is 25.6 Å². The number of hydrogen-bond donors (Lipinski definition) is 1. The Balaban J connectivity index is 3.15. The standard InChI is InChI=1S/C16H35NO/c1-5-6-7-8-9-13-18-16(4)11-10-12-17-14-15(2)3/h15-17H,5-14H2,1-4H3. The van der Waals surface area contributed by atoms with E-state index in [-0.39, 0.29) is 0 Å². The fraction of sp³-hybridized carbons (Fsp3) is 1.00. The molecule has 0 aromatic heterocycles. The molecular formula is C16H35NO. The Morgan fingerprint density at radius 2 is 1.67 bits per heavy atom. The molecule has 0 saturated heterocycles. The highest BCUT2D eigenvalue weighted by Gasteiger charge is 2.01. The maximum absolute atomic E-state index is 5.82. The van der Waals surface area contributed by atoms with Crippen molar-refractivity contribution in [3.63, 3.8) is 0 Å². The third kappa shape index (κ3) is 14.0. The van der Waals surface area contributed by atoms with Gasteiger partial charge in [-0.15, -0.1) is 0 Å². The first kappa shape index (κ1) is 17.9. The molecule has 18 heavy (non-hydrogen) atoms. The third-order valence-electron chi connectivity index (χ3n) is 3.17. The molecule has 0 aromatic rings. The van der Waals surface area contributed by atoms with E-state index < -0.39 is 0 Å². The third-order valence-corrected chi connectivity index (χ3v) is 3.17. The molecule has 110 valence electrons. The molecule has 2 heteroatoms. The van der Waals surface area contributed by atoms with Gasteiger partial charge in [0.15, 0.2) is 0 Å². The molecule has 0 radical (unpaired) electrons. The molecule has 0 bridgehead atoms. The van der Waals surface area contributed by atoms with Gasteiger partial charge in [-0.3, -0.25) is 0 Å². The minimum Gasteiger partial charge on any atom is -0.379 e. The van der Waals surface area contributed by atoms with Gasteiger partial charge in [0, 0.05) is 6.61 Å². The zero-order chi connectivity index (χ0) is 13.6. The van der Waals surface area contributed by atoms with E-state index >= 15 is 0 Å². The highest BCUT2D eigenvalue weighted by molar-refractivity contribution is 4.56. The van der Waals surface area contributed by atoms with E-state index in [4.69, 9.17) is 4.74 Å². The zero-order valence-corrected chi connectivity index (χ0v) is 13.1. The van der Waals surface area contributed by atoms with Crippen LogP contribution in [0.2, 0.25) is 0 Å². The summed E-state index contributed by atoms with van der Waals surface area (Å²) in [6.45, 7) is 12.2. The van der Waals surface area contributed by atoms with Gasteiger partial charge in [-0.2, -0.15) is 0 Å². The lowest BCUT2D eigenvalue weighted by molar-refractivity contribution is 0.0562. The van der Waals surface area contributed by atoms with Gasteiger partial charge in [0.1, 0.15) is 0 Å². The summed E-state index contributed by atoms with van der Waals surface area (Å²) in [5.41, 5.74) is 0. The molecule has 1 N–H and O–H groups in total. The Morgan fingerprint density at radius 3 is 2.33 bits per heavy atom. The van der Waals surface area contributed by atoms with E-state index in [0.29, 0.717) is 6.10 Å². The fourth-order valence-corrected chi connectivity index (χ4v) is 1.98. The molecule has 0 aromatic carbocycles. The van der Waals surface area contributed by atoms with Gasteiger partial charge in [0.2, 0.25) is 0 Å². The second-order valence-corrected chi connectivity index (χ2v) is 5.84. The minimum absolute atomic E-state index is 0.428. The number of nitrogens with one attached hydrogen (secondary N) is 1. The van der Waals surface area contributed by atoms with Gasteiger partial charge in [0.05, 0.1) is 6.10 Å². The van der Waals surface area contributed by atoms with Crippen molar-refractivity contribution < 1.29 is 4.74 Å². The van der Waals surface area contributed by atoms with Crippen LogP contribution in [0.15, 0.2) is 0 Å². The Bertz CT molecular complexity index is 159. The van der Waals surface area contributed by atoms with Crippen molar-refractivity contribution in [1.82, 2.24) is 5.32 Å². The average molecular weight is 257 g/mol. The smallest absolute Gasteiger partial charge is 0.0547 e. The van der Waals surface area contributed by atoms with Crippen molar-refractivity contribution in [1.29, 1.82) is 0 Å². The summed E-state index contributed by atoms with van der Waals surface area (Å²) in [6, 6.07) is 0. The van der Waals surface area contributed by atoms with Crippen molar-refractivity contribution >= 4 is 0 Å². The summed E-state index contributed by atoms with van der Waals surface area (Å²) in [5, 5.41) is 3.48. The van der Waals surface area contributed by atoms with E-state index in [1.807, 2.05) is 0 Å². The van der Waals surface area contributed by atoms with Crippen molar-refractivity contribution in [3.05, 3.63) is 0 Å². The van der Waals surface area contributed by atoms with E-state index in [1.54, 1.807) is 0 Å². The molecule has 1 atom stereocenters. The van der Waals surface area contributed by atoms with Crippen LogP contribution in [0.4, 0.5) is 0 Å². The minimum atomic E-state index is 0.428. The molecular weight excluding hydrogens is 222 g/mol. The Kier molecular flexibility index (Phi) is 13.3. The summed E-state index contributed by atoms with van der Waals surface area (Å²) < 4.78 is 5.82. The van der Waals surface area contributed by atoms with Crippen LogP contribution in [-0.4, -0.2) is 25.8 Å².